The van der Waals surface area contributed by atoms with Crippen LogP contribution in [0, 0.1) is 5.92 Å². The molecule has 1 saturated heterocycles. The number of carbonyl (C=O) groups excluding carboxylic acids is 1. The molecule has 1 aliphatic heterocycles. The predicted molar refractivity (Wildman–Crippen MR) is 118 cm³/mol. The number of imidazole rings is 1. The molecule has 0 spiro atoms. The molecule has 4 aromatic rings. The molecule has 2 aromatic carbocycles. The van der Waals surface area contributed by atoms with Crippen LogP contribution in [-0.4, -0.2) is 46.7 Å². The minimum Gasteiger partial charge on any atom is -0.464 e. The van der Waals surface area contributed by atoms with Crippen LogP contribution >= 0.6 is 0 Å². The quantitative estimate of drug-likeness (QED) is 0.494. The fourth-order valence-corrected chi connectivity index (χ4v) is 4.26. The fourth-order valence-electron chi connectivity index (χ4n) is 4.26. The van der Waals surface area contributed by atoms with Crippen molar-refractivity contribution in [3.8, 4) is 0 Å². The summed E-state index contributed by atoms with van der Waals surface area (Å²) in [5, 5.41) is 1.10. The zero-order valence-corrected chi connectivity index (χ0v) is 17.3. The molecule has 0 bridgehead atoms. The van der Waals surface area contributed by atoms with Gasteiger partial charge in [-0.1, -0.05) is 30.3 Å². The normalized spacial score (nSPS) is 17.0. The van der Waals surface area contributed by atoms with Crippen LogP contribution in [0.1, 0.15) is 21.5 Å². The van der Waals surface area contributed by atoms with Gasteiger partial charge in [-0.15, -0.1) is 0 Å². The molecule has 1 fully saturated rings. The topological polar surface area (TPSA) is 60.5 Å². The van der Waals surface area contributed by atoms with Gasteiger partial charge in [0.2, 0.25) is 0 Å². The number of aromatic nitrogens is 2. The maximum absolute atomic E-state index is 13.5. The van der Waals surface area contributed by atoms with E-state index in [0.29, 0.717) is 32.8 Å². The van der Waals surface area contributed by atoms with Gasteiger partial charge in [0.1, 0.15) is 5.58 Å². The average Bonchev–Trinajstić information content (AvgIpc) is 3.42. The molecule has 1 aliphatic rings. The Kier molecular flexibility index (Phi) is 5.54. The number of ether oxygens (including phenoxy) is 1. The van der Waals surface area contributed by atoms with E-state index in [-0.39, 0.29) is 11.8 Å². The third kappa shape index (κ3) is 4.39. The number of hydrogen-bond acceptors (Lipinski definition) is 4. The Hall–Kier alpha value is -3.38. The maximum atomic E-state index is 13.5. The van der Waals surface area contributed by atoms with E-state index in [1.165, 1.54) is 5.56 Å². The van der Waals surface area contributed by atoms with Gasteiger partial charge in [0.05, 0.1) is 25.8 Å². The van der Waals surface area contributed by atoms with Crippen molar-refractivity contribution in [3.63, 3.8) is 0 Å². The number of carbonyl (C=O) groups is 1. The second kappa shape index (κ2) is 8.78. The molecule has 1 atom stereocenters. The average molecular weight is 415 g/mol. The van der Waals surface area contributed by atoms with Crippen LogP contribution in [0.2, 0.25) is 0 Å². The first-order chi connectivity index (χ1) is 15.3. The highest BCUT2D eigenvalue weighted by molar-refractivity contribution is 5.95. The highest BCUT2D eigenvalue weighted by atomic mass is 16.5. The van der Waals surface area contributed by atoms with Gasteiger partial charge in [0.25, 0.3) is 5.91 Å². The molecule has 1 amide bonds. The molecule has 158 valence electrons. The second-order valence-corrected chi connectivity index (χ2v) is 8.08. The van der Waals surface area contributed by atoms with Crippen molar-refractivity contribution in [3.05, 3.63) is 90.2 Å². The van der Waals surface area contributed by atoms with Crippen LogP contribution in [-0.2, 0) is 17.7 Å². The lowest BCUT2D eigenvalue weighted by molar-refractivity contribution is 0.0736. The van der Waals surface area contributed by atoms with E-state index in [9.17, 15) is 4.79 Å². The smallest absolute Gasteiger partial charge is 0.254 e. The summed E-state index contributed by atoms with van der Waals surface area (Å²) in [4.78, 5) is 19.5. The highest BCUT2D eigenvalue weighted by Crippen LogP contribution is 2.22. The van der Waals surface area contributed by atoms with Crippen molar-refractivity contribution in [1.29, 1.82) is 0 Å². The van der Waals surface area contributed by atoms with Crippen LogP contribution in [0.5, 0.6) is 0 Å². The van der Waals surface area contributed by atoms with Crippen LogP contribution in [0.15, 0.2) is 77.9 Å². The Balaban J connectivity index is 1.33. The number of fused-ring (bicyclic) bond motifs is 1. The van der Waals surface area contributed by atoms with Gasteiger partial charge in [0, 0.05) is 48.9 Å². The number of hydrogen-bond donors (Lipinski definition) is 0. The molecular formula is C25H25N3O3. The summed E-state index contributed by atoms with van der Waals surface area (Å²) in [6.07, 6.45) is 7.99. The Morgan fingerprint density at radius 3 is 3.00 bits per heavy atom. The SMILES string of the molecule is O=C(c1ccccc1Cn1ccnc1)N1CCOC[C@@H](Cc2ccc3ccoc3c2)C1. The molecule has 0 saturated carbocycles. The Morgan fingerprint density at radius 1 is 1.16 bits per heavy atom. The van der Waals surface area contributed by atoms with Gasteiger partial charge in [0.15, 0.2) is 0 Å². The van der Waals surface area contributed by atoms with E-state index in [0.717, 1.165) is 28.5 Å². The van der Waals surface area contributed by atoms with Gasteiger partial charge in [-0.3, -0.25) is 4.79 Å². The lowest BCUT2D eigenvalue weighted by atomic mass is 9.98. The largest absolute Gasteiger partial charge is 0.464 e. The molecule has 6 heteroatoms. The minimum atomic E-state index is 0.0627. The van der Waals surface area contributed by atoms with Crippen molar-refractivity contribution in [2.75, 3.05) is 26.3 Å². The Labute approximate surface area is 181 Å². The second-order valence-electron chi connectivity index (χ2n) is 8.08. The first-order valence-corrected chi connectivity index (χ1v) is 10.6. The number of rotatable bonds is 5. The maximum Gasteiger partial charge on any atom is 0.254 e. The molecule has 6 nitrogen and oxygen atoms in total. The Morgan fingerprint density at radius 2 is 2.10 bits per heavy atom. The third-order valence-electron chi connectivity index (χ3n) is 5.83. The van der Waals surface area contributed by atoms with Crippen molar-refractivity contribution >= 4 is 16.9 Å². The first-order valence-electron chi connectivity index (χ1n) is 10.6. The van der Waals surface area contributed by atoms with E-state index in [4.69, 9.17) is 9.15 Å². The van der Waals surface area contributed by atoms with Crippen LogP contribution in [0.4, 0.5) is 0 Å². The predicted octanol–water partition coefficient (Wildman–Crippen LogP) is 4.01. The fraction of sp³-hybridized carbons (Fsp3) is 0.280. The first kappa shape index (κ1) is 19.6. The molecule has 2 aromatic heterocycles. The number of benzene rings is 2. The lowest BCUT2D eigenvalue weighted by Gasteiger charge is -2.25. The van der Waals surface area contributed by atoms with E-state index in [2.05, 4.69) is 23.2 Å². The molecule has 3 heterocycles. The molecule has 0 N–H and O–H groups in total. The van der Waals surface area contributed by atoms with Gasteiger partial charge < -0.3 is 18.6 Å². The standard InChI is InChI=1S/C25H25N3O3/c29-25(23-4-2-1-3-22(23)16-27-9-8-26-18-27)28-10-12-30-17-20(15-28)13-19-5-6-21-7-11-31-24(21)14-19/h1-9,11,14,18,20H,10,12-13,15-17H2/t20-/m0/s1. The van der Waals surface area contributed by atoms with E-state index < -0.39 is 0 Å². The molecule has 31 heavy (non-hydrogen) atoms. The number of furan rings is 1. The van der Waals surface area contributed by atoms with E-state index in [1.807, 2.05) is 46.0 Å². The number of amides is 1. The molecule has 0 aliphatic carbocycles. The minimum absolute atomic E-state index is 0.0627. The molecular weight excluding hydrogens is 390 g/mol. The Bertz CT molecular complexity index is 1170. The summed E-state index contributed by atoms with van der Waals surface area (Å²) in [6, 6.07) is 16.1. The van der Waals surface area contributed by atoms with Crippen molar-refractivity contribution in [2.45, 2.75) is 13.0 Å². The lowest BCUT2D eigenvalue weighted by Crippen LogP contribution is -2.37. The molecule has 0 radical (unpaired) electrons. The van der Waals surface area contributed by atoms with Gasteiger partial charge in [-0.25, -0.2) is 4.98 Å². The van der Waals surface area contributed by atoms with Crippen molar-refractivity contribution in [2.24, 2.45) is 5.92 Å². The van der Waals surface area contributed by atoms with E-state index >= 15 is 0 Å². The summed E-state index contributed by atoms with van der Waals surface area (Å²) in [5.41, 5.74) is 3.84. The summed E-state index contributed by atoms with van der Waals surface area (Å²) in [5.74, 6) is 0.298. The molecule has 5 rings (SSSR count). The summed E-state index contributed by atoms with van der Waals surface area (Å²) >= 11 is 0. The highest BCUT2D eigenvalue weighted by Gasteiger charge is 2.25. The van der Waals surface area contributed by atoms with Crippen LogP contribution in [0.3, 0.4) is 0 Å². The van der Waals surface area contributed by atoms with Gasteiger partial charge in [-0.2, -0.15) is 0 Å². The zero-order chi connectivity index (χ0) is 21.0. The van der Waals surface area contributed by atoms with Crippen LogP contribution in [0.25, 0.3) is 11.0 Å². The summed E-state index contributed by atoms with van der Waals surface area (Å²) in [6.45, 7) is 3.11. The zero-order valence-electron chi connectivity index (χ0n) is 17.3. The summed E-state index contributed by atoms with van der Waals surface area (Å²) < 4.78 is 13.4. The molecule has 0 unspecified atom stereocenters. The van der Waals surface area contributed by atoms with Crippen LogP contribution < -0.4 is 0 Å². The monoisotopic (exact) mass is 415 g/mol. The van der Waals surface area contributed by atoms with Gasteiger partial charge in [-0.05, 0) is 35.7 Å². The van der Waals surface area contributed by atoms with Crippen molar-refractivity contribution in [1.82, 2.24) is 14.5 Å². The van der Waals surface area contributed by atoms with Gasteiger partial charge >= 0.3 is 0 Å². The van der Waals surface area contributed by atoms with Crippen molar-refractivity contribution < 1.29 is 13.9 Å². The summed E-state index contributed by atoms with van der Waals surface area (Å²) in [7, 11) is 0. The number of nitrogens with zero attached hydrogens (tertiary/aromatic N) is 3. The van der Waals surface area contributed by atoms with E-state index in [1.54, 1.807) is 18.8 Å². The third-order valence-corrected chi connectivity index (χ3v) is 5.83.